The molecule has 0 aliphatic carbocycles. The first-order valence-corrected chi connectivity index (χ1v) is 5.91. The Kier molecular flexibility index (Phi) is 4.28. The van der Waals surface area contributed by atoms with Gasteiger partial charge < -0.3 is 4.74 Å². The largest absolute Gasteiger partial charge is 0.460 e. The average Bonchev–Trinajstić information content (AvgIpc) is 2.14. The molecule has 0 aliphatic heterocycles. The number of halogens is 2. The Hall–Kier alpha value is -0.660. The first-order valence-electron chi connectivity index (χ1n) is 5.09. The molecule has 0 amide bonds. The fraction of sp³-hybridized carbons (Fsp3) is 0.385. The molecule has 0 heterocycles. The minimum absolute atomic E-state index is 0.117. The van der Waals surface area contributed by atoms with E-state index in [9.17, 15) is 0 Å². The molecule has 1 rings (SSSR count). The first kappa shape index (κ1) is 13.4. The van der Waals surface area contributed by atoms with E-state index in [0.717, 1.165) is 17.1 Å². The maximum atomic E-state index is 5.88. The van der Waals surface area contributed by atoms with E-state index in [-0.39, 0.29) is 5.41 Å². The van der Waals surface area contributed by atoms with Crippen LogP contribution in [0.1, 0.15) is 26.3 Å². The van der Waals surface area contributed by atoms with Crippen LogP contribution in [0, 0.1) is 12.3 Å². The Labute approximate surface area is 107 Å². The van der Waals surface area contributed by atoms with E-state index < -0.39 is 0 Å². The Bertz CT molecular complexity index is 403. The monoisotopic (exact) mass is 258 g/mol. The summed E-state index contributed by atoms with van der Waals surface area (Å²) in [5.41, 5.74) is 2.36. The van der Waals surface area contributed by atoms with Crippen molar-refractivity contribution in [2.75, 3.05) is 0 Å². The summed E-state index contributed by atoms with van der Waals surface area (Å²) in [6.45, 7) is 8.10. The van der Waals surface area contributed by atoms with Crippen LogP contribution in [0.3, 0.4) is 0 Å². The van der Waals surface area contributed by atoms with Crippen molar-refractivity contribution in [2.24, 2.45) is 5.41 Å². The Morgan fingerprint density at radius 3 is 2.38 bits per heavy atom. The third-order valence-corrected chi connectivity index (χ3v) is 2.63. The van der Waals surface area contributed by atoms with E-state index in [1.165, 1.54) is 5.54 Å². The van der Waals surface area contributed by atoms with Gasteiger partial charge in [-0.15, -0.1) is 0 Å². The number of rotatable bonds is 2. The number of allylic oxidation sites excluding steroid dienone is 1. The van der Waals surface area contributed by atoms with Gasteiger partial charge in [0.2, 0.25) is 0 Å². The molecule has 0 atom stereocenters. The minimum atomic E-state index is -0.117. The Morgan fingerprint density at radius 1 is 1.31 bits per heavy atom. The second-order valence-electron chi connectivity index (χ2n) is 4.74. The van der Waals surface area contributed by atoms with Crippen molar-refractivity contribution in [1.82, 2.24) is 0 Å². The molecule has 0 saturated carbocycles. The third kappa shape index (κ3) is 3.43. The van der Waals surface area contributed by atoms with Crippen LogP contribution in [0.25, 0.3) is 0 Å². The van der Waals surface area contributed by atoms with Crippen LogP contribution >= 0.6 is 23.2 Å². The standard InChI is InChI=1S/C13H16Cl2O/c1-9-7-10(15)5-6-11(9)16-12(8-14)13(2,3)4/h5-8H,1-4H3. The van der Waals surface area contributed by atoms with Gasteiger partial charge in [-0.1, -0.05) is 44.0 Å². The lowest BCUT2D eigenvalue weighted by molar-refractivity contribution is 0.294. The topological polar surface area (TPSA) is 9.23 Å². The molecular weight excluding hydrogens is 243 g/mol. The summed E-state index contributed by atoms with van der Waals surface area (Å²) in [6, 6.07) is 5.52. The SMILES string of the molecule is Cc1cc(Cl)ccc1OC(=CCl)C(C)(C)C. The van der Waals surface area contributed by atoms with E-state index in [1.54, 1.807) is 6.07 Å². The van der Waals surface area contributed by atoms with Crippen LogP contribution in [-0.4, -0.2) is 0 Å². The molecule has 0 unspecified atom stereocenters. The molecule has 1 aromatic rings. The maximum absolute atomic E-state index is 5.88. The summed E-state index contributed by atoms with van der Waals surface area (Å²) < 4.78 is 5.78. The summed E-state index contributed by atoms with van der Waals surface area (Å²) in [5, 5.41) is 0.706. The predicted molar refractivity (Wildman–Crippen MR) is 70.2 cm³/mol. The fourth-order valence-corrected chi connectivity index (χ4v) is 1.78. The summed E-state index contributed by atoms with van der Waals surface area (Å²) in [7, 11) is 0. The quantitative estimate of drug-likeness (QED) is 0.667. The smallest absolute Gasteiger partial charge is 0.130 e. The molecule has 0 bridgehead atoms. The van der Waals surface area contributed by atoms with E-state index in [1.807, 2.05) is 39.8 Å². The number of ether oxygens (including phenoxy) is 1. The van der Waals surface area contributed by atoms with Crippen molar-refractivity contribution < 1.29 is 4.74 Å². The molecule has 3 heteroatoms. The number of hydrogen-bond acceptors (Lipinski definition) is 1. The first-order chi connectivity index (χ1) is 7.34. The average molecular weight is 259 g/mol. The van der Waals surface area contributed by atoms with Crippen molar-refractivity contribution in [3.05, 3.63) is 40.1 Å². The molecule has 1 aromatic carbocycles. The van der Waals surface area contributed by atoms with Crippen molar-refractivity contribution in [2.45, 2.75) is 27.7 Å². The summed E-state index contributed by atoms with van der Waals surface area (Å²) in [6.07, 6.45) is 0. The zero-order valence-electron chi connectivity index (χ0n) is 9.97. The number of aryl methyl sites for hydroxylation is 1. The highest BCUT2D eigenvalue weighted by molar-refractivity contribution is 6.30. The Morgan fingerprint density at radius 2 is 1.94 bits per heavy atom. The van der Waals surface area contributed by atoms with Crippen molar-refractivity contribution >= 4 is 23.2 Å². The van der Waals surface area contributed by atoms with Crippen molar-refractivity contribution in [1.29, 1.82) is 0 Å². The van der Waals surface area contributed by atoms with Gasteiger partial charge in [-0.05, 0) is 30.7 Å². The van der Waals surface area contributed by atoms with Crippen LogP contribution in [0.4, 0.5) is 0 Å². The zero-order chi connectivity index (χ0) is 12.3. The van der Waals surface area contributed by atoms with E-state index in [4.69, 9.17) is 27.9 Å². The van der Waals surface area contributed by atoms with E-state index in [2.05, 4.69) is 0 Å². The lowest BCUT2D eigenvalue weighted by Gasteiger charge is -2.23. The van der Waals surface area contributed by atoms with Crippen LogP contribution < -0.4 is 4.74 Å². The highest BCUT2D eigenvalue weighted by atomic mass is 35.5. The minimum Gasteiger partial charge on any atom is -0.460 e. The second-order valence-corrected chi connectivity index (χ2v) is 5.39. The molecule has 0 fully saturated rings. The fourth-order valence-electron chi connectivity index (χ4n) is 1.18. The van der Waals surface area contributed by atoms with Gasteiger partial charge in [0, 0.05) is 16.0 Å². The van der Waals surface area contributed by atoms with Gasteiger partial charge in [-0.2, -0.15) is 0 Å². The van der Waals surface area contributed by atoms with Gasteiger partial charge in [-0.25, -0.2) is 0 Å². The Balaban J connectivity index is 2.96. The molecule has 0 radical (unpaired) electrons. The van der Waals surface area contributed by atoms with Gasteiger partial charge in [-0.3, -0.25) is 0 Å². The molecule has 0 aromatic heterocycles. The van der Waals surface area contributed by atoms with E-state index in [0.29, 0.717) is 5.02 Å². The van der Waals surface area contributed by atoms with Crippen LogP contribution in [0.2, 0.25) is 5.02 Å². The van der Waals surface area contributed by atoms with Crippen LogP contribution in [0.5, 0.6) is 5.75 Å². The number of hydrogen-bond donors (Lipinski definition) is 0. The molecular formula is C13H16Cl2O. The molecule has 0 aliphatic rings. The van der Waals surface area contributed by atoms with Gasteiger partial charge in [0.1, 0.15) is 11.5 Å². The molecule has 1 nitrogen and oxygen atoms in total. The lowest BCUT2D eigenvalue weighted by Crippen LogP contribution is -2.14. The lowest BCUT2D eigenvalue weighted by atomic mass is 9.95. The van der Waals surface area contributed by atoms with Crippen molar-refractivity contribution in [3.63, 3.8) is 0 Å². The second kappa shape index (κ2) is 5.11. The van der Waals surface area contributed by atoms with Gasteiger partial charge in [0.25, 0.3) is 0 Å². The van der Waals surface area contributed by atoms with Gasteiger partial charge >= 0.3 is 0 Å². The highest BCUT2D eigenvalue weighted by Crippen LogP contribution is 2.31. The normalized spacial score (nSPS) is 12.8. The van der Waals surface area contributed by atoms with E-state index >= 15 is 0 Å². The molecule has 0 saturated heterocycles. The highest BCUT2D eigenvalue weighted by Gasteiger charge is 2.19. The van der Waals surface area contributed by atoms with Crippen molar-refractivity contribution in [3.8, 4) is 5.75 Å². The van der Waals surface area contributed by atoms with Gasteiger partial charge in [0.15, 0.2) is 0 Å². The summed E-state index contributed by atoms with van der Waals surface area (Å²) in [5.74, 6) is 1.52. The summed E-state index contributed by atoms with van der Waals surface area (Å²) >= 11 is 11.7. The summed E-state index contributed by atoms with van der Waals surface area (Å²) in [4.78, 5) is 0. The maximum Gasteiger partial charge on any atom is 0.130 e. The third-order valence-electron chi connectivity index (χ3n) is 2.20. The number of benzene rings is 1. The van der Waals surface area contributed by atoms with Crippen LogP contribution in [-0.2, 0) is 0 Å². The molecule has 88 valence electrons. The zero-order valence-corrected chi connectivity index (χ0v) is 11.5. The molecule has 0 spiro atoms. The van der Waals surface area contributed by atoms with Gasteiger partial charge in [0.05, 0.1) is 0 Å². The van der Waals surface area contributed by atoms with Crippen LogP contribution in [0.15, 0.2) is 29.5 Å². The molecule has 0 N–H and O–H groups in total. The predicted octanol–water partition coefficient (Wildman–Crippen LogP) is 5.15. The molecule has 16 heavy (non-hydrogen) atoms.